The zero-order valence-corrected chi connectivity index (χ0v) is 12.8. The molecule has 4 nitrogen and oxygen atoms in total. The maximum Gasteiger partial charge on any atom is 0.340 e. The molecule has 0 aromatic heterocycles. The number of hydrogen-bond acceptors (Lipinski definition) is 4. The quantitative estimate of drug-likeness (QED) is 0.736. The van der Waals surface area contributed by atoms with Crippen molar-refractivity contribution in [3.8, 4) is 11.5 Å². The summed E-state index contributed by atoms with van der Waals surface area (Å²) < 4.78 is 30.0. The van der Waals surface area contributed by atoms with Crippen LogP contribution in [0.4, 0.5) is 0 Å². The highest BCUT2D eigenvalue weighted by molar-refractivity contribution is 7.87. The van der Waals surface area contributed by atoms with Crippen LogP contribution in [0.3, 0.4) is 0 Å². The minimum atomic E-state index is -4.10. The van der Waals surface area contributed by atoms with Gasteiger partial charge in [-0.1, -0.05) is 48.0 Å². The molecule has 22 heavy (non-hydrogen) atoms. The molecule has 0 bridgehead atoms. The topological polar surface area (TPSA) is 63.6 Å². The van der Waals surface area contributed by atoms with Crippen molar-refractivity contribution in [1.29, 1.82) is 0 Å². The van der Waals surface area contributed by atoms with Gasteiger partial charge in [0.25, 0.3) is 0 Å². The third kappa shape index (κ3) is 2.73. The van der Waals surface area contributed by atoms with Crippen LogP contribution in [-0.4, -0.2) is 13.5 Å². The Hall–Kier alpha value is -2.24. The summed E-state index contributed by atoms with van der Waals surface area (Å²) in [5.41, 5.74) is 0. The van der Waals surface area contributed by atoms with Gasteiger partial charge in [-0.25, -0.2) is 0 Å². The molecule has 3 aromatic rings. The van der Waals surface area contributed by atoms with Crippen LogP contribution in [0, 0.1) is 0 Å². The maximum absolute atomic E-state index is 12.4. The second-order valence-corrected chi connectivity index (χ2v) is 6.55. The fourth-order valence-electron chi connectivity index (χ4n) is 2.14. The minimum absolute atomic E-state index is 0.0514. The van der Waals surface area contributed by atoms with Crippen molar-refractivity contribution in [1.82, 2.24) is 0 Å². The highest BCUT2D eigenvalue weighted by Crippen LogP contribution is 2.33. The van der Waals surface area contributed by atoms with Crippen LogP contribution in [0.25, 0.3) is 10.8 Å². The Balaban J connectivity index is 2.12. The fraction of sp³-hybridized carbons (Fsp3) is 0. The van der Waals surface area contributed by atoms with Crippen molar-refractivity contribution >= 4 is 32.5 Å². The Morgan fingerprint density at radius 3 is 2.41 bits per heavy atom. The average Bonchev–Trinajstić information content (AvgIpc) is 2.47. The Bertz CT molecular complexity index is 951. The Kier molecular flexibility index (Phi) is 3.68. The second-order valence-electron chi connectivity index (χ2n) is 4.63. The van der Waals surface area contributed by atoms with Crippen LogP contribution in [0.5, 0.6) is 11.5 Å². The highest BCUT2D eigenvalue weighted by atomic mass is 35.5. The Morgan fingerprint density at radius 1 is 0.955 bits per heavy atom. The van der Waals surface area contributed by atoms with Crippen molar-refractivity contribution < 1.29 is 17.7 Å². The van der Waals surface area contributed by atoms with Crippen molar-refractivity contribution in [3.63, 3.8) is 0 Å². The molecule has 0 atom stereocenters. The normalized spacial score (nSPS) is 11.5. The smallest absolute Gasteiger partial charge is 0.340 e. The molecule has 112 valence electrons. The lowest BCUT2D eigenvalue weighted by molar-refractivity contribution is 0.466. The third-order valence-electron chi connectivity index (χ3n) is 3.11. The molecule has 0 radical (unpaired) electrons. The zero-order chi connectivity index (χ0) is 15.7. The van der Waals surface area contributed by atoms with Crippen LogP contribution < -0.4 is 4.18 Å². The first-order valence-corrected chi connectivity index (χ1v) is 8.17. The van der Waals surface area contributed by atoms with Gasteiger partial charge in [-0.05, 0) is 23.6 Å². The summed E-state index contributed by atoms with van der Waals surface area (Å²) >= 11 is 5.92. The van der Waals surface area contributed by atoms with Gasteiger partial charge in [0.2, 0.25) is 0 Å². The monoisotopic (exact) mass is 334 g/mol. The lowest BCUT2D eigenvalue weighted by Crippen LogP contribution is -2.10. The van der Waals surface area contributed by atoms with Gasteiger partial charge in [0.1, 0.15) is 10.6 Å². The number of fused-ring (bicyclic) bond motifs is 1. The molecule has 0 aliphatic heterocycles. The van der Waals surface area contributed by atoms with Crippen molar-refractivity contribution in [2.24, 2.45) is 0 Å². The van der Waals surface area contributed by atoms with E-state index in [1.165, 1.54) is 24.3 Å². The van der Waals surface area contributed by atoms with Gasteiger partial charge in [-0.3, -0.25) is 0 Å². The van der Waals surface area contributed by atoms with E-state index in [9.17, 15) is 13.5 Å². The lowest BCUT2D eigenvalue weighted by atomic mass is 10.1. The number of benzene rings is 3. The molecule has 1 N–H and O–H groups in total. The van der Waals surface area contributed by atoms with Gasteiger partial charge in [0, 0.05) is 11.5 Å². The summed E-state index contributed by atoms with van der Waals surface area (Å²) in [6, 6.07) is 15.8. The summed E-state index contributed by atoms with van der Waals surface area (Å²) in [6.45, 7) is 0. The van der Waals surface area contributed by atoms with Crippen LogP contribution in [0.2, 0.25) is 5.02 Å². The minimum Gasteiger partial charge on any atom is -0.508 e. The predicted molar refractivity (Wildman–Crippen MR) is 84.9 cm³/mol. The van der Waals surface area contributed by atoms with E-state index in [4.69, 9.17) is 15.8 Å². The Labute approximate surface area is 132 Å². The average molecular weight is 335 g/mol. The number of halogens is 1. The molecule has 0 unspecified atom stereocenters. The molecular formula is C16H11ClO4S. The molecule has 0 aliphatic carbocycles. The van der Waals surface area contributed by atoms with E-state index in [-0.39, 0.29) is 21.4 Å². The molecule has 0 amide bonds. The van der Waals surface area contributed by atoms with E-state index in [1.54, 1.807) is 36.4 Å². The lowest BCUT2D eigenvalue weighted by Gasteiger charge is -2.11. The van der Waals surface area contributed by atoms with Crippen molar-refractivity contribution in [2.45, 2.75) is 4.90 Å². The van der Waals surface area contributed by atoms with E-state index in [1.807, 2.05) is 0 Å². The molecule has 0 fully saturated rings. The van der Waals surface area contributed by atoms with E-state index in [0.717, 1.165) is 0 Å². The fourth-order valence-corrected chi connectivity index (χ4v) is 3.58. The number of phenols is 1. The first-order chi connectivity index (χ1) is 10.5. The number of rotatable bonds is 3. The summed E-state index contributed by atoms with van der Waals surface area (Å²) in [4.78, 5) is -0.121. The van der Waals surface area contributed by atoms with E-state index in [0.29, 0.717) is 10.8 Å². The Morgan fingerprint density at radius 2 is 1.64 bits per heavy atom. The molecule has 0 heterocycles. The maximum atomic E-state index is 12.4. The molecule has 0 aliphatic rings. The summed E-state index contributed by atoms with van der Waals surface area (Å²) in [5, 5.41) is 11.1. The summed E-state index contributed by atoms with van der Waals surface area (Å²) in [5.74, 6) is -0.0291. The first-order valence-electron chi connectivity index (χ1n) is 6.38. The molecule has 0 saturated carbocycles. The molecule has 0 saturated heterocycles. The van der Waals surface area contributed by atoms with Gasteiger partial charge in [-0.15, -0.1) is 0 Å². The number of hydrogen-bond donors (Lipinski definition) is 1. The standard InChI is InChI=1S/C16H11ClO4S/c17-14-7-3-4-8-16(14)22(19,20)21-15-10-12(18)9-11-5-1-2-6-13(11)15/h1-10,18H. The van der Waals surface area contributed by atoms with Gasteiger partial charge in [0.15, 0.2) is 5.75 Å². The number of phenolic OH excluding ortho intramolecular Hbond substituents is 1. The largest absolute Gasteiger partial charge is 0.508 e. The van der Waals surface area contributed by atoms with Crippen LogP contribution in [0.1, 0.15) is 0 Å². The highest BCUT2D eigenvalue weighted by Gasteiger charge is 2.21. The van der Waals surface area contributed by atoms with E-state index < -0.39 is 10.1 Å². The van der Waals surface area contributed by atoms with Crippen LogP contribution in [0.15, 0.2) is 65.6 Å². The molecule has 0 spiro atoms. The zero-order valence-electron chi connectivity index (χ0n) is 11.2. The third-order valence-corrected chi connectivity index (χ3v) is 4.85. The van der Waals surface area contributed by atoms with Gasteiger partial charge < -0.3 is 9.29 Å². The van der Waals surface area contributed by atoms with Crippen molar-refractivity contribution in [3.05, 3.63) is 65.7 Å². The van der Waals surface area contributed by atoms with Crippen molar-refractivity contribution in [2.75, 3.05) is 0 Å². The van der Waals surface area contributed by atoms with Crippen LogP contribution in [-0.2, 0) is 10.1 Å². The SMILES string of the molecule is O=S(=O)(Oc1cc(O)cc2ccccc12)c1ccccc1Cl. The molecule has 6 heteroatoms. The second kappa shape index (κ2) is 5.51. The summed E-state index contributed by atoms with van der Waals surface area (Å²) in [6.07, 6.45) is 0. The van der Waals surface area contributed by atoms with Gasteiger partial charge in [0.05, 0.1) is 5.02 Å². The number of aromatic hydroxyl groups is 1. The molecule has 3 aromatic carbocycles. The van der Waals surface area contributed by atoms with Gasteiger partial charge >= 0.3 is 10.1 Å². The molecular weight excluding hydrogens is 324 g/mol. The van der Waals surface area contributed by atoms with Gasteiger partial charge in [-0.2, -0.15) is 8.42 Å². The first kappa shape index (κ1) is 14.7. The predicted octanol–water partition coefficient (Wildman–Crippen LogP) is 3.97. The van der Waals surface area contributed by atoms with E-state index in [2.05, 4.69) is 0 Å². The van der Waals surface area contributed by atoms with Crippen LogP contribution >= 0.6 is 11.6 Å². The molecule has 3 rings (SSSR count). The van der Waals surface area contributed by atoms with E-state index >= 15 is 0 Å². The summed E-state index contributed by atoms with van der Waals surface area (Å²) in [7, 11) is -4.10.